The van der Waals surface area contributed by atoms with E-state index in [1.807, 2.05) is 32.9 Å². The molecule has 0 spiro atoms. The zero-order valence-electron chi connectivity index (χ0n) is 14.2. The second-order valence-corrected chi connectivity index (χ2v) is 5.49. The van der Waals surface area contributed by atoms with Crippen LogP contribution in [0.15, 0.2) is 18.2 Å². The van der Waals surface area contributed by atoms with Crippen LogP contribution in [0.2, 0.25) is 0 Å². The highest BCUT2D eigenvalue weighted by Crippen LogP contribution is 2.37. The number of rotatable bonds is 6. The summed E-state index contributed by atoms with van der Waals surface area (Å²) in [6.07, 6.45) is 0.735. The minimum atomic E-state index is -0.111. The Labute approximate surface area is 136 Å². The predicted molar refractivity (Wildman–Crippen MR) is 90.0 cm³/mol. The van der Waals surface area contributed by atoms with Crippen LogP contribution in [0.1, 0.15) is 26.5 Å². The molecule has 1 amide bonds. The number of carbonyl (C=O) groups is 1. The molecule has 0 bridgehead atoms. The minimum Gasteiger partial charge on any atom is -0.497 e. The molecule has 0 radical (unpaired) electrons. The van der Waals surface area contributed by atoms with E-state index in [2.05, 4.69) is 15.5 Å². The molecule has 0 saturated heterocycles. The molecule has 1 aromatic carbocycles. The molecule has 1 heterocycles. The van der Waals surface area contributed by atoms with Gasteiger partial charge in [0.25, 0.3) is 0 Å². The molecule has 6 heteroatoms. The van der Waals surface area contributed by atoms with Crippen LogP contribution in [0, 0.1) is 5.92 Å². The fourth-order valence-electron chi connectivity index (χ4n) is 2.23. The number of ether oxygens (including phenoxy) is 2. The molecular weight excluding hydrogens is 294 g/mol. The fourth-order valence-corrected chi connectivity index (χ4v) is 2.23. The molecule has 23 heavy (non-hydrogen) atoms. The number of nitrogens with one attached hydrogen (secondary N) is 2. The van der Waals surface area contributed by atoms with E-state index in [-0.39, 0.29) is 11.8 Å². The Kier molecular flexibility index (Phi) is 5.26. The van der Waals surface area contributed by atoms with E-state index < -0.39 is 0 Å². The lowest BCUT2D eigenvalue weighted by molar-refractivity contribution is -0.118. The van der Waals surface area contributed by atoms with Gasteiger partial charge in [-0.1, -0.05) is 20.8 Å². The summed E-state index contributed by atoms with van der Waals surface area (Å²) < 4.78 is 10.7. The standard InChI is InChI=1S/C17H23N3O3/c1-6-13-16(18-17(21)10(2)3)15(20-19-13)12-8-7-11(22-4)9-14(12)23-5/h7-10H,6H2,1-5H3,(H,18,21)(H,19,20). The number of hydrogen-bond donors (Lipinski definition) is 2. The topological polar surface area (TPSA) is 76.2 Å². The van der Waals surface area contributed by atoms with Crippen LogP contribution in [0.25, 0.3) is 11.3 Å². The molecule has 0 saturated carbocycles. The number of amides is 1. The van der Waals surface area contributed by atoms with E-state index >= 15 is 0 Å². The van der Waals surface area contributed by atoms with Gasteiger partial charge < -0.3 is 14.8 Å². The SMILES string of the molecule is CCc1[nH]nc(-c2ccc(OC)cc2OC)c1NC(=O)C(C)C. The van der Waals surface area contributed by atoms with Crippen LogP contribution >= 0.6 is 0 Å². The average Bonchev–Trinajstić information content (AvgIpc) is 2.96. The van der Waals surface area contributed by atoms with E-state index in [0.29, 0.717) is 22.9 Å². The monoisotopic (exact) mass is 317 g/mol. The first-order valence-electron chi connectivity index (χ1n) is 7.62. The minimum absolute atomic E-state index is 0.0465. The maximum atomic E-state index is 12.1. The van der Waals surface area contributed by atoms with Gasteiger partial charge in [0.05, 0.1) is 25.6 Å². The third kappa shape index (κ3) is 3.47. The van der Waals surface area contributed by atoms with Gasteiger partial charge in [0.15, 0.2) is 0 Å². The normalized spacial score (nSPS) is 10.7. The number of aryl methyl sites for hydroxylation is 1. The Hall–Kier alpha value is -2.50. The van der Waals surface area contributed by atoms with Gasteiger partial charge in [-0.05, 0) is 18.6 Å². The molecular formula is C17H23N3O3. The highest BCUT2D eigenvalue weighted by Gasteiger charge is 2.20. The van der Waals surface area contributed by atoms with Gasteiger partial charge in [-0.3, -0.25) is 9.89 Å². The summed E-state index contributed by atoms with van der Waals surface area (Å²) in [6, 6.07) is 5.51. The van der Waals surface area contributed by atoms with E-state index in [4.69, 9.17) is 9.47 Å². The van der Waals surface area contributed by atoms with Crippen LogP contribution in [0.3, 0.4) is 0 Å². The Morgan fingerprint density at radius 2 is 2.04 bits per heavy atom. The number of hydrogen-bond acceptors (Lipinski definition) is 4. The average molecular weight is 317 g/mol. The summed E-state index contributed by atoms with van der Waals surface area (Å²) in [7, 11) is 3.20. The summed E-state index contributed by atoms with van der Waals surface area (Å²) in [4.78, 5) is 12.1. The molecule has 0 aliphatic heterocycles. The van der Waals surface area contributed by atoms with Crippen molar-refractivity contribution < 1.29 is 14.3 Å². The van der Waals surface area contributed by atoms with Crippen molar-refractivity contribution in [2.24, 2.45) is 5.92 Å². The quantitative estimate of drug-likeness (QED) is 0.857. The van der Waals surface area contributed by atoms with Crippen molar-refractivity contribution in [1.82, 2.24) is 10.2 Å². The third-order valence-corrected chi connectivity index (χ3v) is 3.63. The van der Waals surface area contributed by atoms with E-state index in [1.54, 1.807) is 20.3 Å². The van der Waals surface area contributed by atoms with E-state index in [9.17, 15) is 4.79 Å². The maximum Gasteiger partial charge on any atom is 0.227 e. The lowest BCUT2D eigenvalue weighted by Crippen LogP contribution is -2.18. The molecule has 6 nitrogen and oxygen atoms in total. The van der Waals surface area contributed by atoms with Gasteiger partial charge in [-0.2, -0.15) is 5.10 Å². The largest absolute Gasteiger partial charge is 0.497 e. The van der Waals surface area contributed by atoms with Gasteiger partial charge in [0.1, 0.15) is 17.2 Å². The third-order valence-electron chi connectivity index (χ3n) is 3.63. The summed E-state index contributed by atoms with van der Waals surface area (Å²) >= 11 is 0. The Balaban J connectivity index is 2.51. The van der Waals surface area contributed by atoms with Crippen LogP contribution in [-0.2, 0) is 11.2 Å². The zero-order valence-corrected chi connectivity index (χ0v) is 14.2. The Morgan fingerprint density at radius 1 is 1.30 bits per heavy atom. The van der Waals surface area contributed by atoms with Crippen molar-refractivity contribution in [1.29, 1.82) is 0 Å². The van der Waals surface area contributed by atoms with Crippen LogP contribution < -0.4 is 14.8 Å². The zero-order chi connectivity index (χ0) is 17.0. The number of nitrogens with zero attached hydrogens (tertiary/aromatic N) is 1. The van der Waals surface area contributed by atoms with E-state index in [0.717, 1.165) is 17.7 Å². The van der Waals surface area contributed by atoms with Gasteiger partial charge >= 0.3 is 0 Å². The lowest BCUT2D eigenvalue weighted by atomic mass is 10.1. The molecule has 2 N–H and O–H groups in total. The Bertz CT molecular complexity index is 692. The number of aromatic nitrogens is 2. The number of benzene rings is 1. The van der Waals surface area contributed by atoms with Crippen LogP contribution in [0.5, 0.6) is 11.5 Å². The van der Waals surface area contributed by atoms with Crippen molar-refractivity contribution >= 4 is 11.6 Å². The van der Waals surface area contributed by atoms with E-state index in [1.165, 1.54) is 0 Å². The van der Waals surface area contributed by atoms with Gasteiger partial charge in [-0.25, -0.2) is 0 Å². The molecule has 0 atom stereocenters. The molecule has 0 aliphatic rings. The van der Waals surface area contributed by atoms with Crippen molar-refractivity contribution in [3.8, 4) is 22.8 Å². The van der Waals surface area contributed by atoms with Crippen LogP contribution in [0.4, 0.5) is 5.69 Å². The van der Waals surface area contributed by atoms with Crippen molar-refractivity contribution in [3.05, 3.63) is 23.9 Å². The van der Waals surface area contributed by atoms with Gasteiger partial charge in [0, 0.05) is 17.5 Å². The molecule has 0 aliphatic carbocycles. The number of H-pyrrole nitrogens is 1. The summed E-state index contributed by atoms with van der Waals surface area (Å²) in [6.45, 7) is 5.72. The second-order valence-electron chi connectivity index (χ2n) is 5.49. The molecule has 2 rings (SSSR count). The highest BCUT2D eigenvalue weighted by molar-refractivity contribution is 5.97. The number of carbonyl (C=O) groups excluding carboxylic acids is 1. The van der Waals surface area contributed by atoms with Gasteiger partial charge in [0.2, 0.25) is 5.91 Å². The fraction of sp³-hybridized carbons (Fsp3) is 0.412. The predicted octanol–water partition coefficient (Wildman–Crippen LogP) is 3.25. The van der Waals surface area contributed by atoms with Crippen molar-refractivity contribution in [3.63, 3.8) is 0 Å². The first kappa shape index (κ1) is 16.9. The molecule has 124 valence electrons. The van der Waals surface area contributed by atoms with Gasteiger partial charge in [-0.15, -0.1) is 0 Å². The summed E-state index contributed by atoms with van der Waals surface area (Å²) in [5, 5.41) is 10.3. The second kappa shape index (κ2) is 7.17. The maximum absolute atomic E-state index is 12.1. The highest BCUT2D eigenvalue weighted by atomic mass is 16.5. The lowest BCUT2D eigenvalue weighted by Gasteiger charge is -2.12. The van der Waals surface area contributed by atoms with Crippen molar-refractivity contribution in [2.75, 3.05) is 19.5 Å². The number of aromatic amines is 1. The Morgan fingerprint density at radius 3 is 2.61 bits per heavy atom. The number of methoxy groups -OCH3 is 2. The molecule has 0 unspecified atom stereocenters. The number of anilines is 1. The first-order valence-corrected chi connectivity index (χ1v) is 7.62. The summed E-state index contributed by atoms with van der Waals surface area (Å²) in [5.74, 6) is 1.18. The molecule has 2 aromatic rings. The smallest absolute Gasteiger partial charge is 0.227 e. The van der Waals surface area contributed by atoms with Crippen molar-refractivity contribution in [2.45, 2.75) is 27.2 Å². The molecule has 1 aromatic heterocycles. The van der Waals surface area contributed by atoms with Crippen LogP contribution in [-0.4, -0.2) is 30.3 Å². The molecule has 0 fully saturated rings. The first-order chi connectivity index (χ1) is 11.0. The summed E-state index contributed by atoms with van der Waals surface area (Å²) in [5.41, 5.74) is 3.04.